The van der Waals surface area contributed by atoms with E-state index < -0.39 is 17.7 Å². The number of carbonyl (C=O) groups excluding carboxylic acids is 3. The molecule has 142 valence electrons. The van der Waals surface area contributed by atoms with E-state index in [1.807, 2.05) is 0 Å². The van der Waals surface area contributed by atoms with E-state index in [-0.39, 0.29) is 43.3 Å². The number of carbonyl (C=O) groups is 3. The number of amides is 2. The zero-order valence-electron chi connectivity index (χ0n) is 14.2. The molecule has 26 heavy (non-hydrogen) atoms. The maximum absolute atomic E-state index is 12.6. The van der Waals surface area contributed by atoms with E-state index in [2.05, 4.69) is 4.74 Å². The van der Waals surface area contributed by atoms with Crippen LogP contribution < -0.4 is 0 Å². The van der Waals surface area contributed by atoms with Crippen LogP contribution in [-0.2, 0) is 20.5 Å². The van der Waals surface area contributed by atoms with Gasteiger partial charge in [0.1, 0.15) is 0 Å². The molecule has 0 unspecified atom stereocenters. The number of hydrogen-bond acceptors (Lipinski definition) is 4. The maximum Gasteiger partial charge on any atom is 0.416 e. The lowest BCUT2D eigenvalue weighted by Gasteiger charge is -2.34. The Bertz CT molecular complexity index is 666. The summed E-state index contributed by atoms with van der Waals surface area (Å²) in [5.74, 6) is -1.04. The molecule has 1 heterocycles. The van der Waals surface area contributed by atoms with Gasteiger partial charge in [-0.2, -0.15) is 13.2 Å². The smallest absolute Gasteiger partial charge is 0.416 e. The van der Waals surface area contributed by atoms with Crippen LogP contribution in [0.4, 0.5) is 13.2 Å². The number of ether oxygens (including phenoxy) is 1. The van der Waals surface area contributed by atoms with Crippen LogP contribution in [0.15, 0.2) is 24.3 Å². The van der Waals surface area contributed by atoms with Crippen LogP contribution in [0, 0.1) is 0 Å². The number of rotatable bonds is 4. The van der Waals surface area contributed by atoms with E-state index in [1.165, 1.54) is 12.0 Å². The van der Waals surface area contributed by atoms with Crippen molar-refractivity contribution in [3.8, 4) is 0 Å². The summed E-state index contributed by atoms with van der Waals surface area (Å²) in [4.78, 5) is 38.5. The zero-order valence-corrected chi connectivity index (χ0v) is 14.2. The third-order valence-electron chi connectivity index (χ3n) is 4.15. The molecule has 2 amide bonds. The van der Waals surface area contributed by atoms with Gasteiger partial charge in [-0.15, -0.1) is 0 Å². The predicted molar refractivity (Wildman–Crippen MR) is 85.2 cm³/mol. The fourth-order valence-electron chi connectivity index (χ4n) is 2.61. The van der Waals surface area contributed by atoms with E-state index in [1.54, 1.807) is 4.90 Å². The summed E-state index contributed by atoms with van der Waals surface area (Å²) in [7, 11) is 1.25. The lowest BCUT2D eigenvalue weighted by molar-refractivity contribution is -0.144. The largest absolute Gasteiger partial charge is 0.469 e. The second-order valence-corrected chi connectivity index (χ2v) is 5.82. The van der Waals surface area contributed by atoms with Gasteiger partial charge < -0.3 is 14.5 Å². The van der Waals surface area contributed by atoms with Crippen molar-refractivity contribution < 1.29 is 32.3 Å². The normalized spacial score (nSPS) is 14.9. The van der Waals surface area contributed by atoms with Gasteiger partial charge in [0.15, 0.2) is 0 Å². The first-order valence-electron chi connectivity index (χ1n) is 8.03. The van der Waals surface area contributed by atoms with Crippen molar-refractivity contribution >= 4 is 17.8 Å². The Morgan fingerprint density at radius 2 is 1.50 bits per heavy atom. The number of piperazine rings is 1. The average molecular weight is 372 g/mol. The minimum atomic E-state index is -4.45. The third-order valence-corrected chi connectivity index (χ3v) is 4.15. The van der Waals surface area contributed by atoms with Crippen LogP contribution in [0.5, 0.6) is 0 Å². The van der Waals surface area contributed by atoms with Gasteiger partial charge in [0, 0.05) is 38.2 Å². The highest BCUT2D eigenvalue weighted by atomic mass is 19.4. The van der Waals surface area contributed by atoms with Gasteiger partial charge in [-0.25, -0.2) is 0 Å². The number of alkyl halides is 3. The Hall–Kier alpha value is -2.58. The molecule has 0 N–H and O–H groups in total. The summed E-state index contributed by atoms with van der Waals surface area (Å²) in [6, 6.07) is 4.05. The molecule has 0 aromatic heterocycles. The Kier molecular flexibility index (Phi) is 6.23. The zero-order chi connectivity index (χ0) is 19.3. The number of methoxy groups -OCH3 is 1. The van der Waals surface area contributed by atoms with E-state index in [4.69, 9.17) is 0 Å². The molecule has 6 nitrogen and oxygen atoms in total. The first-order chi connectivity index (χ1) is 12.2. The summed E-state index contributed by atoms with van der Waals surface area (Å²) in [5, 5.41) is 0. The van der Waals surface area contributed by atoms with Crippen LogP contribution in [0.3, 0.4) is 0 Å². The minimum Gasteiger partial charge on any atom is -0.469 e. The van der Waals surface area contributed by atoms with Crippen LogP contribution in [0.2, 0.25) is 0 Å². The molecule has 1 saturated heterocycles. The molecule has 0 spiro atoms. The quantitative estimate of drug-likeness (QED) is 0.758. The fraction of sp³-hybridized carbons (Fsp3) is 0.471. The van der Waals surface area contributed by atoms with Crippen LogP contribution in [-0.4, -0.2) is 60.9 Å². The van der Waals surface area contributed by atoms with Gasteiger partial charge in [0.2, 0.25) is 5.91 Å². The fourth-order valence-corrected chi connectivity index (χ4v) is 2.61. The van der Waals surface area contributed by atoms with Gasteiger partial charge in [0.25, 0.3) is 5.91 Å². The maximum atomic E-state index is 12.6. The number of hydrogen-bond donors (Lipinski definition) is 0. The average Bonchev–Trinajstić information content (AvgIpc) is 2.64. The molecular weight excluding hydrogens is 353 g/mol. The molecule has 0 atom stereocenters. The van der Waals surface area contributed by atoms with Crippen molar-refractivity contribution in [3.05, 3.63) is 35.4 Å². The van der Waals surface area contributed by atoms with Crippen LogP contribution >= 0.6 is 0 Å². The highest BCUT2D eigenvalue weighted by molar-refractivity contribution is 5.94. The topological polar surface area (TPSA) is 66.9 Å². The Labute approximate surface area is 148 Å². The molecule has 1 aromatic carbocycles. The van der Waals surface area contributed by atoms with Crippen molar-refractivity contribution in [2.45, 2.75) is 19.0 Å². The van der Waals surface area contributed by atoms with Crippen molar-refractivity contribution in [1.29, 1.82) is 0 Å². The molecule has 2 rings (SSSR count). The molecular formula is C17H19F3N2O4. The van der Waals surface area contributed by atoms with Crippen molar-refractivity contribution in [2.75, 3.05) is 33.3 Å². The standard InChI is InChI=1S/C17H19F3N2O4/c1-26-15(24)7-6-14(23)21-8-10-22(11-9-21)16(25)12-2-4-13(5-3-12)17(18,19)20/h2-5H,6-11H2,1H3. The van der Waals surface area contributed by atoms with E-state index >= 15 is 0 Å². The Morgan fingerprint density at radius 3 is 2.00 bits per heavy atom. The van der Waals surface area contributed by atoms with E-state index in [0.717, 1.165) is 24.3 Å². The molecule has 0 radical (unpaired) electrons. The van der Waals surface area contributed by atoms with Crippen molar-refractivity contribution in [1.82, 2.24) is 9.80 Å². The lowest BCUT2D eigenvalue weighted by atomic mass is 10.1. The molecule has 0 saturated carbocycles. The van der Waals surface area contributed by atoms with E-state index in [0.29, 0.717) is 13.1 Å². The molecule has 0 bridgehead atoms. The highest BCUT2D eigenvalue weighted by Crippen LogP contribution is 2.29. The number of halogens is 3. The molecule has 1 aliphatic rings. The first-order valence-corrected chi connectivity index (χ1v) is 8.03. The summed E-state index contributed by atoms with van der Waals surface area (Å²) >= 11 is 0. The molecule has 1 fully saturated rings. The van der Waals surface area contributed by atoms with Crippen molar-refractivity contribution in [2.24, 2.45) is 0 Å². The van der Waals surface area contributed by atoms with E-state index in [9.17, 15) is 27.6 Å². The van der Waals surface area contributed by atoms with Crippen molar-refractivity contribution in [3.63, 3.8) is 0 Å². The monoisotopic (exact) mass is 372 g/mol. The first kappa shape index (κ1) is 19.7. The summed E-state index contributed by atoms with van der Waals surface area (Å²) in [6.45, 7) is 1.19. The third kappa shape index (κ3) is 4.96. The second-order valence-electron chi connectivity index (χ2n) is 5.82. The molecule has 0 aliphatic carbocycles. The molecule has 1 aromatic rings. The number of benzene rings is 1. The molecule has 9 heteroatoms. The van der Waals surface area contributed by atoms with Gasteiger partial charge in [-0.1, -0.05) is 0 Å². The Balaban J connectivity index is 1.88. The highest BCUT2D eigenvalue weighted by Gasteiger charge is 2.31. The van der Waals surface area contributed by atoms with Gasteiger partial charge in [0.05, 0.1) is 19.1 Å². The lowest BCUT2D eigenvalue weighted by Crippen LogP contribution is -2.50. The van der Waals surface area contributed by atoms with Gasteiger partial charge >= 0.3 is 12.1 Å². The van der Waals surface area contributed by atoms with Gasteiger partial charge in [-0.05, 0) is 24.3 Å². The summed E-state index contributed by atoms with van der Waals surface area (Å²) < 4.78 is 42.2. The second kappa shape index (κ2) is 8.20. The van der Waals surface area contributed by atoms with Crippen LogP contribution in [0.25, 0.3) is 0 Å². The predicted octanol–water partition coefficient (Wildman–Crippen LogP) is 1.94. The van der Waals surface area contributed by atoms with Gasteiger partial charge in [-0.3, -0.25) is 14.4 Å². The number of nitrogens with zero attached hydrogens (tertiary/aromatic N) is 2. The van der Waals surface area contributed by atoms with Crippen LogP contribution in [0.1, 0.15) is 28.8 Å². The summed E-state index contributed by atoms with van der Waals surface area (Å²) in [5.41, 5.74) is -0.640. The SMILES string of the molecule is COC(=O)CCC(=O)N1CCN(C(=O)c2ccc(C(F)(F)F)cc2)CC1. The summed E-state index contributed by atoms with van der Waals surface area (Å²) in [6.07, 6.45) is -4.41. The Morgan fingerprint density at radius 1 is 0.962 bits per heavy atom. The minimum absolute atomic E-state index is 0.0000320. The molecule has 1 aliphatic heterocycles. The number of esters is 1.